The van der Waals surface area contributed by atoms with Gasteiger partial charge in [-0.25, -0.2) is 9.67 Å². The zero-order valence-corrected chi connectivity index (χ0v) is 14.6. The van der Waals surface area contributed by atoms with Crippen LogP contribution in [0.25, 0.3) is 5.82 Å². The van der Waals surface area contributed by atoms with Gasteiger partial charge in [0.2, 0.25) is 0 Å². The number of rotatable bonds is 6. The molecule has 0 unspecified atom stereocenters. The van der Waals surface area contributed by atoms with E-state index < -0.39 is 0 Å². The van der Waals surface area contributed by atoms with Crippen molar-refractivity contribution >= 4 is 17.5 Å². The quantitative estimate of drug-likeness (QED) is 0.849. The number of nitrogens with one attached hydrogen (secondary N) is 2. The zero-order chi connectivity index (χ0) is 17.0. The number of pyridine rings is 1. The number of likely N-dealkylation sites (N-methyl/N-ethyl adjacent to an activating group) is 1. The van der Waals surface area contributed by atoms with Crippen molar-refractivity contribution in [3.63, 3.8) is 0 Å². The summed E-state index contributed by atoms with van der Waals surface area (Å²) in [5.41, 5.74) is 2.05. The first-order chi connectivity index (χ1) is 10.9. The lowest BCUT2D eigenvalue weighted by Gasteiger charge is -2.14. The Bertz CT molecular complexity index is 698. The van der Waals surface area contributed by atoms with Gasteiger partial charge < -0.3 is 10.6 Å². The second kappa shape index (κ2) is 7.57. The van der Waals surface area contributed by atoms with E-state index in [0.29, 0.717) is 17.4 Å². The molecule has 0 fully saturated rings. The molecule has 1 atom stereocenters. The molecule has 2 aromatic rings. The van der Waals surface area contributed by atoms with Gasteiger partial charge in [0.05, 0.1) is 10.7 Å². The highest BCUT2D eigenvalue weighted by Crippen LogP contribution is 2.17. The summed E-state index contributed by atoms with van der Waals surface area (Å²) in [4.78, 5) is 16.7. The number of aromatic nitrogens is 3. The smallest absolute Gasteiger partial charge is 0.271 e. The summed E-state index contributed by atoms with van der Waals surface area (Å²) < 4.78 is 1.70. The van der Waals surface area contributed by atoms with Gasteiger partial charge in [0.15, 0.2) is 5.82 Å². The molecule has 0 saturated heterocycles. The molecule has 0 radical (unpaired) electrons. The highest BCUT2D eigenvalue weighted by Gasteiger charge is 2.15. The summed E-state index contributed by atoms with van der Waals surface area (Å²) >= 11 is 6.13. The van der Waals surface area contributed by atoms with Crippen molar-refractivity contribution < 1.29 is 4.79 Å². The fourth-order valence-corrected chi connectivity index (χ4v) is 2.51. The number of aryl methyl sites for hydroxylation is 2. The number of carbonyl (C=O) groups is 1. The van der Waals surface area contributed by atoms with E-state index in [0.717, 1.165) is 17.9 Å². The zero-order valence-electron chi connectivity index (χ0n) is 13.9. The van der Waals surface area contributed by atoms with Gasteiger partial charge >= 0.3 is 0 Å². The molecule has 0 aliphatic rings. The van der Waals surface area contributed by atoms with Crippen molar-refractivity contribution in [3.8, 4) is 5.82 Å². The van der Waals surface area contributed by atoms with Crippen LogP contribution in [0.2, 0.25) is 5.02 Å². The number of hydrogen-bond acceptors (Lipinski definition) is 4. The minimum absolute atomic E-state index is 0.182. The first-order valence-electron chi connectivity index (χ1n) is 7.64. The minimum Gasteiger partial charge on any atom is -0.349 e. The molecule has 2 rings (SSSR count). The average molecular weight is 336 g/mol. The fraction of sp³-hybridized carbons (Fsp3) is 0.438. The Balaban J connectivity index is 2.20. The number of halogens is 1. The van der Waals surface area contributed by atoms with Crippen molar-refractivity contribution in [1.82, 2.24) is 25.4 Å². The van der Waals surface area contributed by atoms with Crippen LogP contribution in [0, 0.1) is 13.8 Å². The Morgan fingerprint density at radius 2 is 2.13 bits per heavy atom. The van der Waals surface area contributed by atoms with Gasteiger partial charge in [0, 0.05) is 18.3 Å². The largest absolute Gasteiger partial charge is 0.349 e. The van der Waals surface area contributed by atoms with E-state index >= 15 is 0 Å². The normalized spacial score (nSPS) is 12.2. The number of nitrogens with zero attached hydrogens (tertiary/aromatic N) is 3. The predicted octanol–water partition coefficient (Wildman–Crippen LogP) is 2.27. The summed E-state index contributed by atoms with van der Waals surface area (Å²) in [7, 11) is 0. The number of hydrogen-bond donors (Lipinski definition) is 2. The Hall–Kier alpha value is -1.92. The molecular formula is C16H22ClN5O. The highest BCUT2D eigenvalue weighted by atomic mass is 35.5. The van der Waals surface area contributed by atoms with Gasteiger partial charge in [0.25, 0.3) is 5.91 Å². The first kappa shape index (κ1) is 17.4. The molecule has 0 aromatic carbocycles. The van der Waals surface area contributed by atoms with Crippen LogP contribution in [0.4, 0.5) is 0 Å². The Kier molecular flexibility index (Phi) is 5.74. The third-order valence-electron chi connectivity index (χ3n) is 3.39. The van der Waals surface area contributed by atoms with E-state index in [4.69, 9.17) is 11.6 Å². The summed E-state index contributed by atoms with van der Waals surface area (Å²) in [6, 6.07) is 5.55. The van der Waals surface area contributed by atoms with Crippen LogP contribution >= 0.6 is 11.6 Å². The Morgan fingerprint density at radius 1 is 1.39 bits per heavy atom. The van der Waals surface area contributed by atoms with E-state index in [1.165, 1.54) is 0 Å². The second-order valence-electron chi connectivity index (χ2n) is 5.51. The molecule has 0 aliphatic heterocycles. The first-order valence-corrected chi connectivity index (χ1v) is 8.02. The lowest BCUT2D eigenvalue weighted by molar-refractivity contribution is 0.0945. The average Bonchev–Trinajstić information content (AvgIpc) is 2.84. The maximum Gasteiger partial charge on any atom is 0.271 e. The standard InChI is InChI=1S/C16H22ClN5O/c1-5-18-11(3)9-19-16(23)15-13(17)6-7-14(20-15)22-12(4)8-10(2)21-22/h6-8,11,18H,5,9H2,1-4H3,(H,19,23)/t11-/m1/s1. The fourth-order valence-electron chi connectivity index (χ4n) is 2.32. The maximum absolute atomic E-state index is 12.3. The monoisotopic (exact) mass is 335 g/mol. The SMILES string of the molecule is CCN[C@H](C)CNC(=O)c1nc(-n2nc(C)cc2C)ccc1Cl. The van der Waals surface area contributed by atoms with Crippen LogP contribution in [0.15, 0.2) is 18.2 Å². The molecule has 7 heteroatoms. The Morgan fingerprint density at radius 3 is 2.74 bits per heavy atom. The second-order valence-corrected chi connectivity index (χ2v) is 5.91. The topological polar surface area (TPSA) is 71.8 Å². The van der Waals surface area contributed by atoms with Crippen LogP contribution in [0.5, 0.6) is 0 Å². The van der Waals surface area contributed by atoms with E-state index in [1.807, 2.05) is 33.8 Å². The van der Waals surface area contributed by atoms with Crippen molar-refractivity contribution in [1.29, 1.82) is 0 Å². The van der Waals surface area contributed by atoms with E-state index in [-0.39, 0.29) is 17.6 Å². The lowest BCUT2D eigenvalue weighted by atomic mass is 10.3. The molecule has 2 heterocycles. The Labute approximate surface area is 141 Å². The summed E-state index contributed by atoms with van der Waals surface area (Å²) in [6.45, 7) is 9.24. The van der Waals surface area contributed by atoms with Crippen molar-refractivity contribution in [3.05, 3.63) is 40.3 Å². The molecule has 23 heavy (non-hydrogen) atoms. The van der Waals surface area contributed by atoms with Gasteiger partial charge in [-0.3, -0.25) is 4.79 Å². The summed E-state index contributed by atoms with van der Waals surface area (Å²) in [5, 5.41) is 10.8. The van der Waals surface area contributed by atoms with Gasteiger partial charge in [-0.15, -0.1) is 0 Å². The summed E-state index contributed by atoms with van der Waals surface area (Å²) in [5.74, 6) is 0.285. The van der Waals surface area contributed by atoms with Crippen LogP contribution in [0.1, 0.15) is 35.7 Å². The van der Waals surface area contributed by atoms with Gasteiger partial charge in [-0.05, 0) is 45.5 Å². The highest BCUT2D eigenvalue weighted by molar-refractivity contribution is 6.33. The lowest BCUT2D eigenvalue weighted by Crippen LogP contribution is -2.39. The molecule has 0 aliphatic carbocycles. The molecule has 1 amide bonds. The van der Waals surface area contributed by atoms with E-state index in [1.54, 1.807) is 16.8 Å². The van der Waals surface area contributed by atoms with Gasteiger partial charge in [-0.1, -0.05) is 18.5 Å². The van der Waals surface area contributed by atoms with Crippen molar-refractivity contribution in [2.24, 2.45) is 0 Å². The molecule has 2 aromatic heterocycles. The molecule has 6 nitrogen and oxygen atoms in total. The van der Waals surface area contributed by atoms with Crippen LogP contribution in [0.3, 0.4) is 0 Å². The van der Waals surface area contributed by atoms with Crippen LogP contribution < -0.4 is 10.6 Å². The molecule has 124 valence electrons. The van der Waals surface area contributed by atoms with Gasteiger partial charge in [-0.2, -0.15) is 5.10 Å². The van der Waals surface area contributed by atoms with Crippen molar-refractivity contribution in [2.45, 2.75) is 33.7 Å². The van der Waals surface area contributed by atoms with Crippen molar-refractivity contribution in [2.75, 3.05) is 13.1 Å². The number of carbonyl (C=O) groups excluding carboxylic acids is 1. The number of amides is 1. The third-order valence-corrected chi connectivity index (χ3v) is 3.70. The minimum atomic E-state index is -0.289. The van der Waals surface area contributed by atoms with Crippen LogP contribution in [-0.2, 0) is 0 Å². The maximum atomic E-state index is 12.3. The third kappa shape index (κ3) is 4.30. The summed E-state index contributed by atoms with van der Waals surface area (Å²) in [6.07, 6.45) is 0. The van der Waals surface area contributed by atoms with Gasteiger partial charge in [0.1, 0.15) is 5.69 Å². The molecular weight excluding hydrogens is 314 g/mol. The van der Waals surface area contributed by atoms with E-state index in [2.05, 4.69) is 20.7 Å². The molecule has 0 spiro atoms. The van der Waals surface area contributed by atoms with E-state index in [9.17, 15) is 4.79 Å². The molecule has 0 bridgehead atoms. The molecule has 0 saturated carbocycles. The predicted molar refractivity (Wildman–Crippen MR) is 91.3 cm³/mol. The van der Waals surface area contributed by atoms with Crippen LogP contribution in [-0.4, -0.2) is 39.8 Å². The molecule has 2 N–H and O–H groups in total.